The van der Waals surface area contributed by atoms with Gasteiger partial charge in [0.1, 0.15) is 11.3 Å². The van der Waals surface area contributed by atoms with Crippen LogP contribution in [0, 0.1) is 6.92 Å². The van der Waals surface area contributed by atoms with Crippen molar-refractivity contribution in [3.05, 3.63) is 124 Å². The molecule has 0 fully saturated rings. The Morgan fingerprint density at radius 3 is 2.60 bits per heavy atom. The molecule has 0 aliphatic rings. The molecule has 1 N–H and O–H groups in total. The maximum atomic E-state index is 12.9. The van der Waals surface area contributed by atoms with Crippen LogP contribution in [0.4, 0.5) is 0 Å². The zero-order valence-electron chi connectivity index (χ0n) is 21.5. The summed E-state index contributed by atoms with van der Waals surface area (Å²) >= 11 is 0. The molecule has 8 nitrogen and oxygen atoms in total. The topological polar surface area (TPSA) is 107 Å². The first-order valence-corrected chi connectivity index (χ1v) is 12.6. The first-order valence-electron chi connectivity index (χ1n) is 12.6. The highest BCUT2D eigenvalue weighted by molar-refractivity contribution is 6.10. The molecular formula is C32H23N3O5. The maximum absolute atomic E-state index is 12.9. The number of H-pyrrole nitrogens is 1. The van der Waals surface area contributed by atoms with E-state index in [1.807, 2.05) is 73.7 Å². The largest absolute Gasteiger partial charge is 0.454 e. The van der Waals surface area contributed by atoms with E-state index < -0.39 is 18.2 Å². The number of carbonyl (C=O) groups is 2. The number of nitrogens with one attached hydrogen (secondary N) is 1. The molecule has 3 heterocycles. The molecule has 0 atom stereocenters. The lowest BCUT2D eigenvalue weighted by Crippen LogP contribution is -2.13. The van der Waals surface area contributed by atoms with E-state index in [1.165, 1.54) is 12.2 Å². The van der Waals surface area contributed by atoms with Gasteiger partial charge >= 0.3 is 11.6 Å². The van der Waals surface area contributed by atoms with Crippen LogP contribution >= 0.6 is 0 Å². The number of rotatable bonds is 7. The molecule has 0 aliphatic heterocycles. The van der Waals surface area contributed by atoms with Crippen LogP contribution < -0.4 is 5.63 Å². The molecule has 0 amide bonds. The van der Waals surface area contributed by atoms with E-state index in [1.54, 1.807) is 29.1 Å². The number of hydrogen-bond donors (Lipinski definition) is 1. The van der Waals surface area contributed by atoms with Crippen LogP contribution in [0.2, 0.25) is 0 Å². The van der Waals surface area contributed by atoms with Crippen LogP contribution in [0.15, 0.2) is 106 Å². The minimum Gasteiger partial charge on any atom is -0.454 e. The quantitative estimate of drug-likeness (QED) is 0.120. The Labute approximate surface area is 228 Å². The molecule has 6 rings (SSSR count). The Bertz CT molecular complexity index is 1980. The number of esters is 1. The Morgan fingerprint density at radius 1 is 1.00 bits per heavy atom. The number of ether oxygens (including phenoxy) is 1. The first-order chi connectivity index (χ1) is 19.5. The minimum absolute atomic E-state index is 0.256. The highest BCUT2D eigenvalue weighted by Crippen LogP contribution is 2.26. The summed E-state index contributed by atoms with van der Waals surface area (Å²) in [6.45, 7) is 1.40. The molecular weight excluding hydrogens is 506 g/mol. The second-order valence-electron chi connectivity index (χ2n) is 9.23. The van der Waals surface area contributed by atoms with E-state index in [2.05, 4.69) is 10.1 Å². The third-order valence-corrected chi connectivity index (χ3v) is 6.58. The van der Waals surface area contributed by atoms with Crippen LogP contribution in [0.3, 0.4) is 0 Å². The number of aromatic amines is 1. The second kappa shape index (κ2) is 10.3. The van der Waals surface area contributed by atoms with Crippen molar-refractivity contribution in [3.63, 3.8) is 0 Å². The van der Waals surface area contributed by atoms with Gasteiger partial charge in [-0.05, 0) is 43.3 Å². The fourth-order valence-electron chi connectivity index (χ4n) is 4.71. The fourth-order valence-corrected chi connectivity index (χ4v) is 4.71. The average molecular weight is 530 g/mol. The number of aromatic nitrogens is 3. The lowest BCUT2D eigenvalue weighted by Gasteiger charge is -2.03. The standard InChI is InChI=1S/C32H23N3O5/c1-20-30(24-12-6-7-13-26(24)33-20)27(36)19-39-29(37)16-15-22-18-35(23-10-3-2-4-11-23)34-31(22)25-17-21-9-5-8-14-28(21)40-32(25)38/h2-18,33H,19H2,1H3/b16-15+. The predicted molar refractivity (Wildman–Crippen MR) is 152 cm³/mol. The highest BCUT2D eigenvalue weighted by Gasteiger charge is 2.18. The molecule has 8 heteroatoms. The van der Waals surface area contributed by atoms with Crippen LogP contribution in [0.5, 0.6) is 0 Å². The van der Waals surface area contributed by atoms with Crippen molar-refractivity contribution in [2.75, 3.05) is 6.61 Å². The van der Waals surface area contributed by atoms with E-state index in [9.17, 15) is 14.4 Å². The van der Waals surface area contributed by atoms with Crippen LogP contribution in [0.25, 0.3) is 44.9 Å². The number of benzene rings is 3. The number of nitrogens with zero attached hydrogens (tertiary/aromatic N) is 2. The number of Topliss-reactive ketones (excluding diaryl/α,β-unsaturated/α-hetero) is 1. The molecule has 3 aromatic heterocycles. The van der Waals surface area contributed by atoms with Crippen molar-refractivity contribution in [1.82, 2.24) is 14.8 Å². The number of para-hydroxylation sites is 3. The van der Waals surface area contributed by atoms with Gasteiger partial charge in [0.05, 0.1) is 11.3 Å². The number of fused-ring (bicyclic) bond motifs is 2. The van der Waals surface area contributed by atoms with E-state index >= 15 is 0 Å². The average Bonchev–Trinajstić information content (AvgIpc) is 3.55. The van der Waals surface area contributed by atoms with Gasteiger partial charge in [-0.25, -0.2) is 14.3 Å². The van der Waals surface area contributed by atoms with Gasteiger partial charge in [-0.1, -0.05) is 54.6 Å². The number of aryl methyl sites for hydroxylation is 1. The Balaban J connectivity index is 1.28. The summed E-state index contributed by atoms with van der Waals surface area (Å²) in [7, 11) is 0. The van der Waals surface area contributed by atoms with Crippen LogP contribution in [-0.2, 0) is 9.53 Å². The molecule has 0 aliphatic carbocycles. The van der Waals surface area contributed by atoms with Gasteiger partial charge < -0.3 is 14.1 Å². The van der Waals surface area contributed by atoms with E-state index in [0.29, 0.717) is 28.1 Å². The zero-order valence-corrected chi connectivity index (χ0v) is 21.5. The molecule has 0 spiro atoms. The van der Waals surface area contributed by atoms with E-state index in [-0.39, 0.29) is 11.3 Å². The summed E-state index contributed by atoms with van der Waals surface area (Å²) < 4.78 is 12.4. The van der Waals surface area contributed by atoms with Gasteiger partial charge in [0, 0.05) is 45.4 Å². The van der Waals surface area contributed by atoms with Gasteiger partial charge in [0.15, 0.2) is 6.61 Å². The fraction of sp³-hybridized carbons (Fsp3) is 0.0625. The summed E-state index contributed by atoms with van der Waals surface area (Å²) in [5, 5.41) is 6.16. The lowest BCUT2D eigenvalue weighted by molar-refractivity contribution is -0.136. The molecule has 3 aromatic carbocycles. The third-order valence-electron chi connectivity index (χ3n) is 6.58. The van der Waals surface area contributed by atoms with Gasteiger partial charge in [-0.2, -0.15) is 5.10 Å². The van der Waals surface area contributed by atoms with Crippen molar-refractivity contribution >= 4 is 39.7 Å². The van der Waals surface area contributed by atoms with E-state index in [4.69, 9.17) is 9.15 Å². The number of carbonyl (C=O) groups excluding carboxylic acids is 2. The monoisotopic (exact) mass is 529 g/mol. The summed E-state index contributed by atoms with van der Waals surface area (Å²) in [4.78, 5) is 41.6. The minimum atomic E-state index is -0.699. The predicted octanol–water partition coefficient (Wildman–Crippen LogP) is 5.87. The van der Waals surface area contributed by atoms with Crippen LogP contribution in [0.1, 0.15) is 21.6 Å². The van der Waals surface area contributed by atoms with Crippen molar-refractivity contribution in [1.29, 1.82) is 0 Å². The SMILES string of the molecule is Cc1[nH]c2ccccc2c1C(=O)COC(=O)/C=C/c1cn(-c2ccccc2)nc1-c1cc2ccccc2oc1=O. The highest BCUT2D eigenvalue weighted by atomic mass is 16.5. The molecule has 0 saturated heterocycles. The summed E-state index contributed by atoms with van der Waals surface area (Å²) in [6, 6.07) is 25.8. The second-order valence-corrected chi connectivity index (χ2v) is 9.23. The van der Waals surface area contributed by atoms with Gasteiger partial charge in [0.2, 0.25) is 5.78 Å². The molecule has 0 saturated carbocycles. The Morgan fingerprint density at radius 2 is 1.75 bits per heavy atom. The number of hydrogen-bond acceptors (Lipinski definition) is 6. The third kappa shape index (κ3) is 4.74. The van der Waals surface area contributed by atoms with Crippen molar-refractivity contribution in [2.24, 2.45) is 0 Å². The first kappa shape index (κ1) is 24.8. The van der Waals surface area contributed by atoms with Gasteiger partial charge in [-0.15, -0.1) is 0 Å². The molecule has 6 aromatic rings. The van der Waals surface area contributed by atoms with Gasteiger partial charge in [-0.3, -0.25) is 4.79 Å². The number of ketones is 1. The summed E-state index contributed by atoms with van der Waals surface area (Å²) in [6.07, 6.45) is 4.44. The Kier molecular flexibility index (Phi) is 6.41. The molecule has 0 unspecified atom stereocenters. The summed E-state index contributed by atoms with van der Waals surface area (Å²) in [5.74, 6) is -1.00. The normalized spacial score (nSPS) is 11.4. The molecule has 196 valence electrons. The smallest absolute Gasteiger partial charge is 0.345 e. The van der Waals surface area contributed by atoms with Crippen molar-refractivity contribution in [3.8, 4) is 16.9 Å². The van der Waals surface area contributed by atoms with Crippen molar-refractivity contribution in [2.45, 2.75) is 6.92 Å². The lowest BCUT2D eigenvalue weighted by atomic mass is 10.1. The van der Waals surface area contributed by atoms with E-state index in [0.717, 1.165) is 22.0 Å². The Hall–Kier alpha value is -5.50. The van der Waals surface area contributed by atoms with Crippen molar-refractivity contribution < 1.29 is 18.7 Å². The summed E-state index contributed by atoms with van der Waals surface area (Å²) in [5.41, 5.74) is 3.85. The zero-order chi connectivity index (χ0) is 27.6. The van der Waals surface area contributed by atoms with Crippen LogP contribution in [-0.4, -0.2) is 33.1 Å². The molecule has 0 radical (unpaired) electrons. The maximum Gasteiger partial charge on any atom is 0.345 e. The molecule has 40 heavy (non-hydrogen) atoms. The van der Waals surface area contributed by atoms with Gasteiger partial charge in [0.25, 0.3) is 0 Å². The molecule has 0 bridgehead atoms.